The molecule has 17 heavy (non-hydrogen) atoms. The van der Waals surface area contributed by atoms with E-state index >= 15 is 0 Å². The Morgan fingerprint density at radius 1 is 0.824 bits per heavy atom. The van der Waals surface area contributed by atoms with Gasteiger partial charge in [-0.15, -0.1) is 0 Å². The first-order valence-electron chi connectivity index (χ1n) is 4.95. The summed E-state index contributed by atoms with van der Waals surface area (Å²) in [5.41, 5.74) is -0.765. The summed E-state index contributed by atoms with van der Waals surface area (Å²) in [5.74, 6) is -9.42. The highest BCUT2D eigenvalue weighted by molar-refractivity contribution is 5.24. The minimum atomic E-state index is -2.12. The van der Waals surface area contributed by atoms with Gasteiger partial charge in [-0.05, 0) is 39.0 Å². The Kier molecular flexibility index (Phi) is 4.90. The maximum absolute atomic E-state index is 13.2. The Hall–Kier alpha value is -1.13. The normalized spacial score (nSPS) is 10.9. The zero-order valence-electron chi connectivity index (χ0n) is 8.87. The van der Waals surface area contributed by atoms with Crippen LogP contribution in [0.2, 0.25) is 0 Å². The molecule has 1 rings (SSSR count). The van der Waals surface area contributed by atoms with Crippen LogP contribution in [0.4, 0.5) is 22.0 Å². The van der Waals surface area contributed by atoms with Gasteiger partial charge in [0.25, 0.3) is 0 Å². The van der Waals surface area contributed by atoms with E-state index in [0.29, 0.717) is 6.42 Å². The molecule has 0 aromatic heterocycles. The molecule has 0 heterocycles. The summed E-state index contributed by atoms with van der Waals surface area (Å²) in [6, 6.07) is 0. The minimum Gasteiger partial charge on any atom is -0.203 e. The van der Waals surface area contributed by atoms with Gasteiger partial charge in [0.05, 0.1) is 0 Å². The molecule has 3 radical (unpaired) electrons. The Morgan fingerprint density at radius 3 is 1.76 bits per heavy atom. The van der Waals surface area contributed by atoms with Crippen LogP contribution in [0.15, 0.2) is 0 Å². The van der Waals surface area contributed by atoms with E-state index < -0.39 is 34.6 Å². The third-order valence-corrected chi connectivity index (χ3v) is 2.26. The van der Waals surface area contributed by atoms with Crippen molar-refractivity contribution in [3.63, 3.8) is 0 Å². The Balaban J connectivity index is 2.92. The molecule has 93 valence electrons. The lowest BCUT2D eigenvalue weighted by Gasteiger charge is -2.07. The van der Waals surface area contributed by atoms with E-state index in [-0.39, 0.29) is 12.8 Å². The summed E-state index contributed by atoms with van der Waals surface area (Å²) in [6.07, 6.45) is 3.67. The van der Waals surface area contributed by atoms with Crippen molar-refractivity contribution in [1.82, 2.24) is 0 Å². The van der Waals surface area contributed by atoms with Crippen molar-refractivity contribution in [1.29, 1.82) is 0 Å². The molecule has 0 aliphatic rings. The first-order chi connectivity index (χ1) is 8.00. The predicted octanol–water partition coefficient (Wildman–Crippen LogP) is 3.95. The zero-order valence-corrected chi connectivity index (χ0v) is 8.87. The molecule has 0 aliphatic heterocycles. The maximum Gasteiger partial charge on any atom is 0.200 e. The van der Waals surface area contributed by atoms with Crippen LogP contribution in [0.25, 0.3) is 0 Å². The number of rotatable bonds is 5. The lowest BCUT2D eigenvalue weighted by Crippen LogP contribution is -2.07. The molecule has 0 aliphatic carbocycles. The molecular formula is C12H10F5. The monoisotopic (exact) mass is 249 g/mol. The van der Waals surface area contributed by atoms with E-state index in [2.05, 4.69) is 6.92 Å². The quantitative estimate of drug-likeness (QED) is 0.321. The van der Waals surface area contributed by atoms with E-state index in [1.54, 1.807) is 6.42 Å². The van der Waals surface area contributed by atoms with Crippen LogP contribution in [0.1, 0.15) is 18.4 Å². The lowest BCUT2D eigenvalue weighted by atomic mass is 10.0. The van der Waals surface area contributed by atoms with Crippen molar-refractivity contribution in [2.24, 2.45) is 0 Å². The highest BCUT2D eigenvalue weighted by atomic mass is 19.2. The van der Waals surface area contributed by atoms with Gasteiger partial charge in [-0.3, -0.25) is 0 Å². The predicted molar refractivity (Wildman–Crippen MR) is 53.1 cm³/mol. The molecule has 0 saturated carbocycles. The van der Waals surface area contributed by atoms with Gasteiger partial charge < -0.3 is 0 Å². The second kappa shape index (κ2) is 5.98. The number of unbranched alkanes of at least 4 members (excludes halogenated alkanes) is 3. The molecule has 0 nitrogen and oxygen atoms in total. The molecule has 0 unspecified atom stereocenters. The molecular weight excluding hydrogens is 239 g/mol. The molecule has 0 saturated heterocycles. The second-order valence-corrected chi connectivity index (χ2v) is 3.41. The standard InChI is InChI=1S/C12H10F5/c1-2-3-4-5-6-7-8(13)10(15)12(17)11(16)9(7)14/h2-3H,1,4-6H2. The third kappa shape index (κ3) is 2.96. The van der Waals surface area contributed by atoms with Crippen molar-refractivity contribution in [3.8, 4) is 0 Å². The third-order valence-electron chi connectivity index (χ3n) is 2.26. The van der Waals surface area contributed by atoms with Crippen LogP contribution < -0.4 is 0 Å². The zero-order chi connectivity index (χ0) is 13.0. The summed E-state index contributed by atoms with van der Waals surface area (Å²) in [6.45, 7) is 3.41. The lowest BCUT2D eigenvalue weighted by molar-refractivity contribution is 0.369. The van der Waals surface area contributed by atoms with Gasteiger partial charge in [-0.1, -0.05) is 0 Å². The summed E-state index contributed by atoms with van der Waals surface area (Å²) in [4.78, 5) is 0. The van der Waals surface area contributed by atoms with Crippen LogP contribution in [-0.2, 0) is 6.42 Å². The molecule has 1 aromatic carbocycles. The van der Waals surface area contributed by atoms with Gasteiger partial charge in [0.2, 0.25) is 5.82 Å². The van der Waals surface area contributed by atoms with Gasteiger partial charge in [0, 0.05) is 5.56 Å². The molecule has 0 N–H and O–H groups in total. The largest absolute Gasteiger partial charge is 0.203 e. The van der Waals surface area contributed by atoms with Crippen LogP contribution in [-0.4, -0.2) is 0 Å². The SMILES string of the molecule is [CH2][CH][CH]CCCc1c(F)c(F)c(F)c(F)c1F. The van der Waals surface area contributed by atoms with Crippen molar-refractivity contribution in [2.45, 2.75) is 19.3 Å². The average molecular weight is 249 g/mol. The Labute approximate surface area is 96.4 Å². The summed E-state index contributed by atoms with van der Waals surface area (Å²) < 4.78 is 64.6. The van der Waals surface area contributed by atoms with Crippen LogP contribution in [0.3, 0.4) is 0 Å². The van der Waals surface area contributed by atoms with Crippen LogP contribution >= 0.6 is 0 Å². The summed E-state index contributed by atoms with van der Waals surface area (Å²) >= 11 is 0. The molecule has 0 spiro atoms. The maximum atomic E-state index is 13.2. The fourth-order valence-electron chi connectivity index (χ4n) is 1.38. The summed E-state index contributed by atoms with van der Waals surface area (Å²) in [5, 5.41) is 0. The highest BCUT2D eigenvalue weighted by Gasteiger charge is 2.24. The van der Waals surface area contributed by atoms with E-state index in [1.807, 2.05) is 0 Å². The molecule has 0 amide bonds. The first kappa shape index (κ1) is 13.9. The van der Waals surface area contributed by atoms with Crippen LogP contribution in [0, 0.1) is 48.9 Å². The van der Waals surface area contributed by atoms with E-state index in [9.17, 15) is 22.0 Å². The topological polar surface area (TPSA) is 0 Å². The van der Waals surface area contributed by atoms with E-state index in [4.69, 9.17) is 0 Å². The van der Waals surface area contributed by atoms with Gasteiger partial charge in [-0.2, -0.15) is 0 Å². The number of halogens is 5. The minimum absolute atomic E-state index is 0.212. The van der Waals surface area contributed by atoms with Crippen molar-refractivity contribution < 1.29 is 22.0 Å². The van der Waals surface area contributed by atoms with E-state index in [0.717, 1.165) is 0 Å². The second-order valence-electron chi connectivity index (χ2n) is 3.41. The number of benzene rings is 1. The fraction of sp³-hybridized carbons (Fsp3) is 0.250. The van der Waals surface area contributed by atoms with Crippen molar-refractivity contribution >= 4 is 0 Å². The fourth-order valence-corrected chi connectivity index (χ4v) is 1.38. The smallest absolute Gasteiger partial charge is 0.200 e. The van der Waals surface area contributed by atoms with Gasteiger partial charge in [0.1, 0.15) is 0 Å². The molecule has 0 atom stereocenters. The number of hydrogen-bond donors (Lipinski definition) is 0. The van der Waals surface area contributed by atoms with E-state index in [1.165, 1.54) is 6.42 Å². The molecule has 1 aromatic rings. The Bertz CT molecular complexity index is 371. The van der Waals surface area contributed by atoms with Gasteiger partial charge in [-0.25, -0.2) is 22.0 Å². The Morgan fingerprint density at radius 2 is 1.29 bits per heavy atom. The highest BCUT2D eigenvalue weighted by Crippen LogP contribution is 2.24. The van der Waals surface area contributed by atoms with Gasteiger partial charge in [0.15, 0.2) is 23.3 Å². The van der Waals surface area contributed by atoms with Gasteiger partial charge >= 0.3 is 0 Å². The summed E-state index contributed by atoms with van der Waals surface area (Å²) in [7, 11) is 0. The number of hydrogen-bond acceptors (Lipinski definition) is 0. The average Bonchev–Trinajstić information content (AvgIpc) is 2.33. The molecule has 5 heteroatoms. The molecule has 0 fully saturated rings. The molecule has 0 bridgehead atoms. The van der Waals surface area contributed by atoms with Crippen LogP contribution in [0.5, 0.6) is 0 Å². The first-order valence-corrected chi connectivity index (χ1v) is 4.95. The van der Waals surface area contributed by atoms with Crippen molar-refractivity contribution in [3.05, 3.63) is 54.4 Å². The van der Waals surface area contributed by atoms with Crippen molar-refractivity contribution in [2.75, 3.05) is 0 Å².